The van der Waals surface area contributed by atoms with Gasteiger partial charge in [0, 0.05) is 5.69 Å². The number of piperidine rings is 1. The second kappa shape index (κ2) is 10.9. The summed E-state index contributed by atoms with van der Waals surface area (Å²) in [4.78, 5) is 20.7. The SMILES string of the molecule is CCc1cc(N2C(S)N(c3cnc(C#N)c(C(F)(F)F)c3)C(=O)C23CCC3)ccc1OCCC1CCNCC1. The van der Waals surface area contributed by atoms with E-state index in [1.807, 2.05) is 30.0 Å². The first-order chi connectivity index (χ1) is 18.7. The summed E-state index contributed by atoms with van der Waals surface area (Å²) in [5.41, 5.74) is -1.90. The lowest BCUT2D eigenvalue weighted by molar-refractivity contribution is -0.138. The molecule has 1 unspecified atom stereocenters. The highest BCUT2D eigenvalue weighted by atomic mass is 32.1. The summed E-state index contributed by atoms with van der Waals surface area (Å²) in [6.45, 7) is 4.78. The number of rotatable bonds is 7. The normalized spacial score (nSPS) is 21.2. The zero-order valence-electron chi connectivity index (χ0n) is 21.8. The molecule has 1 aromatic heterocycles. The highest BCUT2D eigenvalue weighted by Crippen LogP contribution is 2.51. The van der Waals surface area contributed by atoms with Crippen LogP contribution in [-0.4, -0.2) is 41.6 Å². The fourth-order valence-corrected chi connectivity index (χ4v) is 6.49. The number of halogens is 3. The monoisotopic (exact) mass is 559 g/mol. The van der Waals surface area contributed by atoms with E-state index in [4.69, 9.17) is 22.6 Å². The van der Waals surface area contributed by atoms with Gasteiger partial charge in [0.1, 0.15) is 17.4 Å². The van der Waals surface area contributed by atoms with Crippen molar-refractivity contribution in [1.29, 1.82) is 5.26 Å². The Hall–Kier alpha value is -2.97. The van der Waals surface area contributed by atoms with Crippen LogP contribution in [0, 0.1) is 17.2 Å². The molecule has 3 fully saturated rings. The molecule has 2 aliphatic heterocycles. The van der Waals surface area contributed by atoms with Gasteiger partial charge in [0.2, 0.25) is 0 Å². The predicted octanol–water partition coefficient (Wildman–Crippen LogP) is 5.29. The third-order valence-electron chi connectivity index (χ3n) is 8.23. The summed E-state index contributed by atoms with van der Waals surface area (Å²) in [6.07, 6.45) is 2.38. The summed E-state index contributed by atoms with van der Waals surface area (Å²) in [6, 6.07) is 8.12. The number of nitriles is 1. The van der Waals surface area contributed by atoms with Crippen LogP contribution in [0.5, 0.6) is 5.75 Å². The lowest BCUT2D eigenvalue weighted by Gasteiger charge is -2.44. The largest absolute Gasteiger partial charge is 0.493 e. The summed E-state index contributed by atoms with van der Waals surface area (Å²) >= 11 is 4.75. The average molecular weight is 560 g/mol. The number of carbonyl (C=O) groups is 1. The zero-order valence-corrected chi connectivity index (χ0v) is 22.7. The van der Waals surface area contributed by atoms with Gasteiger partial charge in [-0.1, -0.05) is 6.92 Å². The van der Waals surface area contributed by atoms with Gasteiger partial charge in [-0.2, -0.15) is 18.4 Å². The molecule has 3 heterocycles. The first-order valence-electron chi connectivity index (χ1n) is 13.4. The quantitative estimate of drug-likeness (QED) is 0.449. The summed E-state index contributed by atoms with van der Waals surface area (Å²) in [7, 11) is 0. The van der Waals surface area contributed by atoms with Crippen LogP contribution in [0.15, 0.2) is 30.5 Å². The van der Waals surface area contributed by atoms with Crippen LogP contribution in [0.1, 0.15) is 62.3 Å². The molecule has 1 aromatic carbocycles. The Morgan fingerprint density at radius 2 is 1.97 bits per heavy atom. The molecular formula is C28H32F3N5O2S. The third-order valence-corrected chi connectivity index (χ3v) is 8.69. The Bertz CT molecular complexity index is 1270. The van der Waals surface area contributed by atoms with Gasteiger partial charge in [-0.15, -0.1) is 12.6 Å². The van der Waals surface area contributed by atoms with E-state index in [0.29, 0.717) is 25.4 Å². The number of nitrogens with one attached hydrogen (secondary N) is 1. The summed E-state index contributed by atoms with van der Waals surface area (Å²) in [5.74, 6) is 1.16. The maximum atomic E-state index is 13.8. The molecule has 2 aromatic rings. The average Bonchev–Trinajstić information content (AvgIpc) is 3.15. The molecular weight excluding hydrogens is 527 g/mol. The number of thiol groups is 1. The van der Waals surface area contributed by atoms with Crippen LogP contribution in [-0.2, 0) is 17.4 Å². The minimum absolute atomic E-state index is 0.0336. The van der Waals surface area contributed by atoms with Crippen LogP contribution in [0.3, 0.4) is 0 Å². The molecule has 3 aliphatic rings. The van der Waals surface area contributed by atoms with Gasteiger partial charge in [-0.3, -0.25) is 9.69 Å². The molecule has 11 heteroatoms. The third kappa shape index (κ3) is 5.05. The summed E-state index contributed by atoms with van der Waals surface area (Å²) < 4.78 is 47.1. The van der Waals surface area contributed by atoms with E-state index in [9.17, 15) is 18.0 Å². The van der Waals surface area contributed by atoms with Crippen molar-refractivity contribution >= 4 is 29.9 Å². The number of aromatic nitrogens is 1. The van der Waals surface area contributed by atoms with Gasteiger partial charge in [0.15, 0.2) is 11.2 Å². The van der Waals surface area contributed by atoms with Crippen molar-refractivity contribution < 1.29 is 22.7 Å². The van der Waals surface area contributed by atoms with Crippen molar-refractivity contribution in [1.82, 2.24) is 10.3 Å². The van der Waals surface area contributed by atoms with Crippen LogP contribution in [0.25, 0.3) is 0 Å². The molecule has 39 heavy (non-hydrogen) atoms. The first kappa shape index (κ1) is 27.6. The zero-order chi connectivity index (χ0) is 27.8. The number of benzene rings is 1. The minimum atomic E-state index is -4.78. The summed E-state index contributed by atoms with van der Waals surface area (Å²) in [5, 5.41) is 12.5. The number of anilines is 2. The molecule has 208 valence electrons. The van der Waals surface area contributed by atoms with Gasteiger partial charge >= 0.3 is 6.18 Å². The van der Waals surface area contributed by atoms with Crippen molar-refractivity contribution in [2.24, 2.45) is 5.92 Å². The van der Waals surface area contributed by atoms with Crippen LogP contribution in [0.4, 0.5) is 24.5 Å². The Labute approximate surface area is 231 Å². The van der Waals surface area contributed by atoms with Gasteiger partial charge in [0.25, 0.3) is 5.91 Å². The molecule has 1 spiro atoms. The van der Waals surface area contributed by atoms with Gasteiger partial charge in [0.05, 0.1) is 24.1 Å². The molecule has 1 N–H and O–H groups in total. The van der Waals surface area contributed by atoms with Gasteiger partial charge in [-0.25, -0.2) is 4.98 Å². The number of hydrogen-bond acceptors (Lipinski definition) is 7. The molecule has 1 aliphatic carbocycles. The molecule has 1 amide bonds. The van der Waals surface area contributed by atoms with Crippen molar-refractivity contribution in [3.8, 4) is 11.8 Å². The fourth-order valence-electron chi connectivity index (χ4n) is 5.90. The van der Waals surface area contributed by atoms with E-state index >= 15 is 0 Å². The van der Waals surface area contributed by atoms with Crippen molar-refractivity contribution in [2.75, 3.05) is 29.5 Å². The van der Waals surface area contributed by atoms with Crippen molar-refractivity contribution in [2.45, 2.75) is 69.1 Å². The van der Waals surface area contributed by atoms with Crippen LogP contribution in [0.2, 0.25) is 0 Å². The smallest absolute Gasteiger partial charge is 0.419 e. The second-order valence-electron chi connectivity index (χ2n) is 10.5. The predicted molar refractivity (Wildman–Crippen MR) is 145 cm³/mol. The number of carbonyl (C=O) groups excluding carboxylic acids is 1. The second-order valence-corrected chi connectivity index (χ2v) is 10.9. The maximum absolute atomic E-state index is 13.8. The lowest BCUT2D eigenvalue weighted by atomic mass is 9.75. The molecule has 1 atom stereocenters. The molecule has 7 nitrogen and oxygen atoms in total. The van der Waals surface area contributed by atoms with E-state index in [2.05, 4.69) is 10.3 Å². The number of pyridine rings is 1. The van der Waals surface area contributed by atoms with Crippen molar-refractivity contribution in [3.63, 3.8) is 0 Å². The fraction of sp³-hybridized carbons (Fsp3) is 0.536. The molecule has 5 rings (SSSR count). The Balaban J connectivity index is 1.42. The van der Waals surface area contributed by atoms with Crippen molar-refractivity contribution in [3.05, 3.63) is 47.3 Å². The highest BCUT2D eigenvalue weighted by Gasteiger charge is 2.60. The molecule has 2 saturated heterocycles. The van der Waals surface area contributed by atoms with E-state index in [1.165, 1.54) is 11.0 Å². The van der Waals surface area contributed by atoms with Crippen LogP contribution < -0.4 is 19.9 Å². The lowest BCUT2D eigenvalue weighted by Crippen LogP contribution is -2.55. The minimum Gasteiger partial charge on any atom is -0.493 e. The highest BCUT2D eigenvalue weighted by molar-refractivity contribution is 7.81. The maximum Gasteiger partial charge on any atom is 0.419 e. The number of aryl methyl sites for hydroxylation is 1. The van der Waals surface area contributed by atoms with Gasteiger partial charge in [-0.05, 0) is 93.8 Å². The Kier molecular flexibility index (Phi) is 7.71. The standard InChI is InChI=1S/C28H32F3N5O2S/c1-2-19-14-20(4-5-24(19)38-13-8-18-6-11-33-12-7-18)36-26(39)35(25(37)27(36)9-3-10-27)21-15-22(28(29,30)31)23(16-32)34-17-21/h4-5,14-15,17-18,26,33,39H,2-3,6-13H2,1H3. The van der Waals surface area contributed by atoms with Gasteiger partial charge < -0.3 is 15.0 Å². The van der Waals surface area contributed by atoms with E-state index in [-0.39, 0.29) is 11.6 Å². The Morgan fingerprint density at radius 3 is 2.59 bits per heavy atom. The Morgan fingerprint density at radius 1 is 1.23 bits per heavy atom. The number of hydrogen-bond donors (Lipinski definition) is 2. The first-order valence-corrected chi connectivity index (χ1v) is 14.0. The number of nitrogens with zero attached hydrogens (tertiary/aromatic N) is 4. The van der Waals surface area contributed by atoms with E-state index in [1.54, 1.807) is 0 Å². The van der Waals surface area contributed by atoms with E-state index < -0.39 is 28.5 Å². The van der Waals surface area contributed by atoms with E-state index in [0.717, 1.165) is 74.5 Å². The molecule has 0 radical (unpaired) electrons. The van der Waals surface area contributed by atoms with Crippen LogP contribution >= 0.6 is 12.6 Å². The molecule has 1 saturated carbocycles. The number of ether oxygens (including phenoxy) is 1. The topological polar surface area (TPSA) is 81.5 Å². The number of alkyl halides is 3. The number of amides is 1. The molecule has 0 bridgehead atoms.